The molecule has 27 heavy (non-hydrogen) atoms. The largest absolute Gasteiger partial charge is 0.495 e. The van der Waals surface area contributed by atoms with E-state index in [4.69, 9.17) is 4.74 Å². The van der Waals surface area contributed by atoms with E-state index in [1.165, 1.54) is 13.2 Å². The van der Waals surface area contributed by atoms with Gasteiger partial charge in [0.05, 0.1) is 24.1 Å². The van der Waals surface area contributed by atoms with E-state index in [-0.39, 0.29) is 17.5 Å². The first-order valence-electron chi connectivity index (χ1n) is 8.27. The molecule has 8 heteroatoms. The van der Waals surface area contributed by atoms with E-state index in [9.17, 15) is 18.0 Å². The van der Waals surface area contributed by atoms with Gasteiger partial charge in [0.2, 0.25) is 5.91 Å². The van der Waals surface area contributed by atoms with Crippen LogP contribution >= 0.6 is 0 Å². The fraction of sp³-hybridized carbons (Fsp3) is 0.263. The van der Waals surface area contributed by atoms with Gasteiger partial charge in [-0.15, -0.1) is 0 Å². The molecule has 0 aromatic heterocycles. The Morgan fingerprint density at radius 3 is 2.48 bits per heavy atom. The molecule has 2 aromatic rings. The maximum absolute atomic E-state index is 13.0. The molecule has 1 amide bonds. The third kappa shape index (κ3) is 4.21. The van der Waals surface area contributed by atoms with E-state index in [1.807, 2.05) is 6.92 Å². The highest BCUT2D eigenvalue weighted by atomic mass is 19.4. The highest BCUT2D eigenvalue weighted by Crippen LogP contribution is 2.36. The van der Waals surface area contributed by atoms with E-state index in [1.54, 1.807) is 24.3 Å². The van der Waals surface area contributed by atoms with Gasteiger partial charge < -0.3 is 10.1 Å². The Kier molecular flexibility index (Phi) is 5.07. The molecule has 142 valence electrons. The van der Waals surface area contributed by atoms with Gasteiger partial charge in [-0.25, -0.2) is 5.43 Å². The molecule has 0 radical (unpaired) electrons. The number of benzene rings is 2. The summed E-state index contributed by atoms with van der Waals surface area (Å²) in [6, 6.07) is 10.3. The summed E-state index contributed by atoms with van der Waals surface area (Å²) in [6.45, 7) is 1.91. The van der Waals surface area contributed by atoms with Gasteiger partial charge in [0.25, 0.3) is 0 Å². The monoisotopic (exact) mass is 377 g/mol. The molecule has 2 aromatic carbocycles. The van der Waals surface area contributed by atoms with Gasteiger partial charge in [0.15, 0.2) is 0 Å². The summed E-state index contributed by atoms with van der Waals surface area (Å²) in [5.41, 5.74) is 4.12. The van der Waals surface area contributed by atoms with Gasteiger partial charge in [0.1, 0.15) is 5.75 Å². The van der Waals surface area contributed by atoms with Crippen molar-refractivity contribution >= 4 is 23.0 Å². The molecule has 5 nitrogen and oxygen atoms in total. The summed E-state index contributed by atoms with van der Waals surface area (Å²) in [4.78, 5) is 11.3. The Bertz CT molecular complexity index is 877. The second-order valence-electron chi connectivity index (χ2n) is 6.25. The predicted molar refractivity (Wildman–Crippen MR) is 96.2 cm³/mol. The van der Waals surface area contributed by atoms with Crippen molar-refractivity contribution in [3.05, 3.63) is 53.6 Å². The maximum atomic E-state index is 13.0. The number of carbonyl (C=O) groups excluding carboxylic acids is 1. The first-order valence-corrected chi connectivity index (χ1v) is 8.27. The lowest BCUT2D eigenvalue weighted by atomic mass is 9.94. The lowest BCUT2D eigenvalue weighted by Crippen LogP contribution is -2.31. The first-order chi connectivity index (χ1) is 12.8. The van der Waals surface area contributed by atoms with Crippen molar-refractivity contribution in [3.63, 3.8) is 0 Å². The zero-order valence-corrected chi connectivity index (χ0v) is 14.7. The molecule has 3 rings (SSSR count). The van der Waals surface area contributed by atoms with Crippen LogP contribution in [0.5, 0.6) is 5.75 Å². The Balaban J connectivity index is 1.84. The third-order valence-corrected chi connectivity index (χ3v) is 4.25. The topological polar surface area (TPSA) is 62.7 Å². The van der Waals surface area contributed by atoms with Crippen LogP contribution in [0.1, 0.15) is 24.5 Å². The highest BCUT2D eigenvalue weighted by molar-refractivity contribution is 6.05. The summed E-state index contributed by atoms with van der Waals surface area (Å²) >= 11 is 0. The Labute approximate surface area is 154 Å². The smallest absolute Gasteiger partial charge is 0.416 e. The van der Waals surface area contributed by atoms with Gasteiger partial charge in [0, 0.05) is 18.0 Å². The molecule has 0 fully saturated rings. The van der Waals surface area contributed by atoms with Crippen molar-refractivity contribution in [2.24, 2.45) is 11.0 Å². The van der Waals surface area contributed by atoms with Crippen LogP contribution in [-0.2, 0) is 11.0 Å². The van der Waals surface area contributed by atoms with E-state index < -0.39 is 11.7 Å². The zero-order chi connectivity index (χ0) is 19.6. The minimum absolute atomic E-state index is 0.0129. The quantitative estimate of drug-likeness (QED) is 0.834. The van der Waals surface area contributed by atoms with Gasteiger partial charge >= 0.3 is 6.18 Å². The number of hydrogen-bond donors (Lipinski definition) is 2. The second-order valence-corrected chi connectivity index (χ2v) is 6.25. The number of anilines is 2. The molecular weight excluding hydrogens is 359 g/mol. The van der Waals surface area contributed by atoms with Crippen LogP contribution < -0.4 is 15.5 Å². The molecule has 1 aliphatic heterocycles. The number of nitrogens with zero attached hydrogens (tertiary/aromatic N) is 1. The van der Waals surface area contributed by atoms with Crippen molar-refractivity contribution in [3.8, 4) is 5.75 Å². The molecule has 0 saturated carbocycles. The average molecular weight is 377 g/mol. The highest BCUT2D eigenvalue weighted by Gasteiger charge is 2.31. The fourth-order valence-corrected chi connectivity index (χ4v) is 2.86. The van der Waals surface area contributed by atoms with Crippen molar-refractivity contribution in [2.75, 3.05) is 12.4 Å². The van der Waals surface area contributed by atoms with Gasteiger partial charge in [-0.1, -0.05) is 19.1 Å². The van der Waals surface area contributed by atoms with Crippen molar-refractivity contribution in [2.45, 2.75) is 19.5 Å². The molecule has 1 atom stereocenters. The van der Waals surface area contributed by atoms with E-state index in [0.717, 1.165) is 23.4 Å². The number of alkyl halides is 3. The number of carbonyl (C=O) groups is 1. The molecule has 0 spiro atoms. The number of nitrogens with one attached hydrogen (secondary N) is 2. The van der Waals surface area contributed by atoms with Crippen LogP contribution in [0.4, 0.5) is 24.5 Å². The number of hydrazone groups is 1. The molecule has 1 heterocycles. The Hall–Kier alpha value is -3.03. The molecule has 0 saturated heterocycles. The van der Waals surface area contributed by atoms with Crippen LogP contribution in [0.15, 0.2) is 47.6 Å². The van der Waals surface area contributed by atoms with Crippen LogP contribution in [0.2, 0.25) is 0 Å². The maximum Gasteiger partial charge on any atom is 0.416 e. The summed E-state index contributed by atoms with van der Waals surface area (Å²) in [5.74, 6) is 0.169. The van der Waals surface area contributed by atoms with Gasteiger partial charge in [-0.3, -0.25) is 4.79 Å². The van der Waals surface area contributed by atoms with Crippen LogP contribution in [0.3, 0.4) is 0 Å². The van der Waals surface area contributed by atoms with Crippen LogP contribution in [0, 0.1) is 5.92 Å². The van der Waals surface area contributed by atoms with Gasteiger partial charge in [-0.2, -0.15) is 18.3 Å². The molecular formula is C19H18F3N3O2. The summed E-state index contributed by atoms with van der Waals surface area (Å²) in [5, 5.41) is 7.04. The third-order valence-electron chi connectivity index (χ3n) is 4.25. The molecule has 0 aliphatic carbocycles. The normalized spacial score (nSPS) is 17.1. The molecule has 2 N–H and O–H groups in total. The number of ether oxygens (including phenoxy) is 1. The number of amides is 1. The Morgan fingerprint density at radius 2 is 1.89 bits per heavy atom. The summed E-state index contributed by atoms with van der Waals surface area (Å²) in [7, 11) is 1.40. The van der Waals surface area contributed by atoms with Crippen molar-refractivity contribution in [1.82, 2.24) is 5.43 Å². The first kappa shape index (κ1) is 18.8. The Morgan fingerprint density at radius 1 is 1.19 bits per heavy atom. The van der Waals surface area contributed by atoms with E-state index in [0.29, 0.717) is 17.9 Å². The van der Waals surface area contributed by atoms with E-state index in [2.05, 4.69) is 15.8 Å². The summed E-state index contributed by atoms with van der Waals surface area (Å²) in [6.07, 6.45) is -4.08. The number of hydrogen-bond acceptors (Lipinski definition) is 4. The minimum atomic E-state index is -4.44. The lowest BCUT2D eigenvalue weighted by molar-refractivity contribution is -0.137. The van der Waals surface area contributed by atoms with Crippen LogP contribution in [0.25, 0.3) is 0 Å². The average Bonchev–Trinajstić information content (AvgIpc) is 2.62. The summed E-state index contributed by atoms with van der Waals surface area (Å²) < 4.78 is 44.0. The lowest BCUT2D eigenvalue weighted by Gasteiger charge is -2.19. The number of halogens is 3. The number of methoxy groups -OCH3 is 1. The SMILES string of the molecule is COc1ccc(C(F)(F)F)cc1Nc1ccc(C2=NNC(=O)C[C@H]2C)cc1. The standard InChI is InChI=1S/C19H18F3N3O2/c1-11-9-17(26)24-25-18(11)12-3-6-14(7-4-12)23-15-10-13(19(20,21)22)5-8-16(15)27-2/h3-8,10-11,23H,9H2,1-2H3,(H,24,26)/t11-/m1/s1. The van der Waals surface area contributed by atoms with Crippen molar-refractivity contribution in [1.29, 1.82) is 0 Å². The predicted octanol–water partition coefficient (Wildman–Crippen LogP) is 4.32. The minimum Gasteiger partial charge on any atom is -0.495 e. The van der Waals surface area contributed by atoms with Crippen LogP contribution in [-0.4, -0.2) is 18.7 Å². The molecule has 1 aliphatic rings. The molecule has 0 bridgehead atoms. The molecule has 0 unspecified atom stereocenters. The van der Waals surface area contributed by atoms with Gasteiger partial charge in [-0.05, 0) is 35.9 Å². The van der Waals surface area contributed by atoms with E-state index >= 15 is 0 Å². The van der Waals surface area contributed by atoms with Crippen molar-refractivity contribution < 1.29 is 22.7 Å². The number of rotatable bonds is 4. The second kappa shape index (κ2) is 7.30. The fourth-order valence-electron chi connectivity index (χ4n) is 2.86. The zero-order valence-electron chi connectivity index (χ0n) is 14.7.